The van der Waals surface area contributed by atoms with E-state index in [9.17, 15) is 4.79 Å². The van der Waals surface area contributed by atoms with Crippen molar-refractivity contribution in [3.63, 3.8) is 0 Å². The van der Waals surface area contributed by atoms with Gasteiger partial charge in [0.15, 0.2) is 0 Å². The van der Waals surface area contributed by atoms with E-state index in [1.807, 2.05) is 6.92 Å². The standard InChI is InChI=1S/C21H26ClN3O/c1-15-4-3-13-25(14-15)20-11-5-17(6-12-20)16(2)23-21(26)24-19-9-7-18(22)8-10-19/h5-12,15-16H,3-4,13-14H2,1-2H3,(H2,23,24,26)/t15-,16-/m1/s1. The summed E-state index contributed by atoms with van der Waals surface area (Å²) in [6.07, 6.45) is 2.57. The van der Waals surface area contributed by atoms with E-state index in [2.05, 4.69) is 46.7 Å². The topological polar surface area (TPSA) is 44.4 Å². The Morgan fingerprint density at radius 1 is 1.15 bits per heavy atom. The summed E-state index contributed by atoms with van der Waals surface area (Å²) in [6, 6.07) is 15.3. The van der Waals surface area contributed by atoms with Gasteiger partial charge in [-0.25, -0.2) is 4.79 Å². The zero-order valence-corrected chi connectivity index (χ0v) is 16.1. The Morgan fingerprint density at radius 3 is 2.50 bits per heavy atom. The minimum Gasteiger partial charge on any atom is -0.371 e. The molecule has 2 amide bonds. The first-order valence-corrected chi connectivity index (χ1v) is 9.57. The Morgan fingerprint density at radius 2 is 1.85 bits per heavy atom. The number of halogens is 1. The zero-order valence-electron chi connectivity index (χ0n) is 15.3. The normalized spacial score (nSPS) is 18.3. The number of hydrogen-bond donors (Lipinski definition) is 2. The molecule has 1 saturated heterocycles. The third kappa shape index (κ3) is 4.92. The number of rotatable bonds is 4. The second-order valence-corrected chi connectivity index (χ2v) is 7.55. The molecule has 0 bridgehead atoms. The van der Waals surface area contributed by atoms with Crippen LogP contribution in [0.1, 0.15) is 38.3 Å². The van der Waals surface area contributed by atoms with E-state index in [-0.39, 0.29) is 12.1 Å². The highest BCUT2D eigenvalue weighted by Crippen LogP contribution is 2.24. The van der Waals surface area contributed by atoms with Crippen LogP contribution >= 0.6 is 11.6 Å². The molecule has 138 valence electrons. The van der Waals surface area contributed by atoms with Gasteiger partial charge in [-0.15, -0.1) is 0 Å². The highest BCUT2D eigenvalue weighted by Gasteiger charge is 2.17. The third-order valence-corrected chi connectivity index (χ3v) is 5.12. The van der Waals surface area contributed by atoms with Gasteiger partial charge in [-0.1, -0.05) is 30.7 Å². The highest BCUT2D eigenvalue weighted by atomic mass is 35.5. The number of benzene rings is 2. The summed E-state index contributed by atoms with van der Waals surface area (Å²) in [6.45, 7) is 6.54. The number of hydrogen-bond acceptors (Lipinski definition) is 2. The van der Waals surface area contributed by atoms with Crippen LogP contribution in [0.15, 0.2) is 48.5 Å². The fourth-order valence-electron chi connectivity index (χ4n) is 3.38. The van der Waals surface area contributed by atoms with Crippen molar-refractivity contribution in [1.29, 1.82) is 0 Å². The Kier molecular flexibility index (Phi) is 6.04. The number of nitrogens with one attached hydrogen (secondary N) is 2. The van der Waals surface area contributed by atoms with E-state index >= 15 is 0 Å². The predicted octanol–water partition coefficient (Wildman–Crippen LogP) is 5.46. The van der Waals surface area contributed by atoms with Crippen LogP contribution in [-0.4, -0.2) is 19.1 Å². The summed E-state index contributed by atoms with van der Waals surface area (Å²) >= 11 is 5.86. The molecule has 1 aliphatic heterocycles. The molecule has 2 aromatic carbocycles. The first-order chi connectivity index (χ1) is 12.5. The van der Waals surface area contributed by atoms with Gasteiger partial charge < -0.3 is 15.5 Å². The van der Waals surface area contributed by atoms with Crippen molar-refractivity contribution in [2.45, 2.75) is 32.7 Å². The molecule has 1 heterocycles. The van der Waals surface area contributed by atoms with Gasteiger partial charge in [0.2, 0.25) is 0 Å². The second-order valence-electron chi connectivity index (χ2n) is 7.11. The van der Waals surface area contributed by atoms with Crippen LogP contribution in [0.25, 0.3) is 0 Å². The Labute approximate surface area is 160 Å². The van der Waals surface area contributed by atoms with Gasteiger partial charge in [0.25, 0.3) is 0 Å². The molecule has 0 saturated carbocycles. The first-order valence-electron chi connectivity index (χ1n) is 9.19. The average molecular weight is 372 g/mol. The molecular formula is C21H26ClN3O. The monoisotopic (exact) mass is 371 g/mol. The largest absolute Gasteiger partial charge is 0.371 e. The molecular weight excluding hydrogens is 346 g/mol. The molecule has 5 heteroatoms. The Hall–Kier alpha value is -2.20. The Bertz CT molecular complexity index is 730. The van der Waals surface area contributed by atoms with Gasteiger partial charge in [0.1, 0.15) is 0 Å². The molecule has 26 heavy (non-hydrogen) atoms. The van der Waals surface area contributed by atoms with Crippen LogP contribution in [0.4, 0.5) is 16.2 Å². The molecule has 3 rings (SSSR count). The zero-order chi connectivity index (χ0) is 18.5. The molecule has 0 aromatic heterocycles. The maximum absolute atomic E-state index is 12.2. The summed E-state index contributed by atoms with van der Waals surface area (Å²) in [4.78, 5) is 14.6. The van der Waals surface area contributed by atoms with Gasteiger partial charge in [0, 0.05) is 29.5 Å². The van der Waals surface area contributed by atoms with E-state index in [0.29, 0.717) is 10.7 Å². The minimum atomic E-state index is -0.228. The molecule has 1 aliphatic rings. The minimum absolute atomic E-state index is 0.0726. The van der Waals surface area contributed by atoms with Crippen LogP contribution in [0.2, 0.25) is 5.02 Å². The highest BCUT2D eigenvalue weighted by molar-refractivity contribution is 6.30. The number of amides is 2. The summed E-state index contributed by atoms with van der Waals surface area (Å²) < 4.78 is 0. The fourth-order valence-corrected chi connectivity index (χ4v) is 3.50. The number of piperidine rings is 1. The lowest BCUT2D eigenvalue weighted by Gasteiger charge is -2.33. The molecule has 0 spiro atoms. The predicted molar refractivity (Wildman–Crippen MR) is 109 cm³/mol. The van der Waals surface area contributed by atoms with Gasteiger partial charge in [-0.3, -0.25) is 0 Å². The van der Waals surface area contributed by atoms with Crippen molar-refractivity contribution in [2.24, 2.45) is 5.92 Å². The van der Waals surface area contributed by atoms with E-state index in [1.165, 1.54) is 18.5 Å². The van der Waals surface area contributed by atoms with E-state index in [1.54, 1.807) is 24.3 Å². The second kappa shape index (κ2) is 8.45. The molecule has 1 fully saturated rings. The summed E-state index contributed by atoms with van der Waals surface area (Å²) in [5.41, 5.74) is 3.07. The van der Waals surface area contributed by atoms with Crippen LogP contribution in [-0.2, 0) is 0 Å². The number of carbonyl (C=O) groups is 1. The molecule has 4 nitrogen and oxygen atoms in total. The van der Waals surface area contributed by atoms with E-state index in [4.69, 9.17) is 11.6 Å². The van der Waals surface area contributed by atoms with Gasteiger partial charge in [0.05, 0.1) is 6.04 Å². The number of carbonyl (C=O) groups excluding carboxylic acids is 1. The fraction of sp³-hybridized carbons (Fsp3) is 0.381. The van der Waals surface area contributed by atoms with Crippen molar-refractivity contribution in [2.75, 3.05) is 23.3 Å². The maximum Gasteiger partial charge on any atom is 0.319 e. The number of nitrogens with zero attached hydrogens (tertiary/aromatic N) is 1. The molecule has 0 unspecified atom stereocenters. The van der Waals surface area contributed by atoms with E-state index in [0.717, 1.165) is 24.6 Å². The average Bonchev–Trinajstić information content (AvgIpc) is 2.64. The smallest absolute Gasteiger partial charge is 0.319 e. The van der Waals surface area contributed by atoms with E-state index < -0.39 is 0 Å². The molecule has 0 aliphatic carbocycles. The van der Waals surface area contributed by atoms with Crippen LogP contribution in [0.3, 0.4) is 0 Å². The van der Waals surface area contributed by atoms with Crippen molar-refractivity contribution in [3.05, 3.63) is 59.1 Å². The first kappa shape index (κ1) is 18.6. The molecule has 2 aromatic rings. The van der Waals surface area contributed by atoms with Crippen LogP contribution in [0.5, 0.6) is 0 Å². The third-order valence-electron chi connectivity index (χ3n) is 4.86. The quantitative estimate of drug-likeness (QED) is 0.749. The molecule has 2 atom stereocenters. The number of urea groups is 1. The summed E-state index contributed by atoms with van der Waals surface area (Å²) in [5, 5.41) is 6.44. The van der Waals surface area contributed by atoms with Crippen molar-refractivity contribution < 1.29 is 4.79 Å². The SMILES string of the molecule is C[C@@H]1CCCN(c2ccc([C@@H](C)NC(=O)Nc3ccc(Cl)cc3)cc2)C1. The molecule has 2 N–H and O–H groups in total. The van der Waals surface area contributed by atoms with Crippen molar-refractivity contribution in [3.8, 4) is 0 Å². The van der Waals surface area contributed by atoms with Gasteiger partial charge in [-0.2, -0.15) is 0 Å². The lowest BCUT2D eigenvalue weighted by molar-refractivity contribution is 0.249. The van der Waals surface area contributed by atoms with Crippen LogP contribution < -0.4 is 15.5 Å². The van der Waals surface area contributed by atoms with Gasteiger partial charge >= 0.3 is 6.03 Å². The van der Waals surface area contributed by atoms with Crippen LogP contribution in [0, 0.1) is 5.92 Å². The maximum atomic E-state index is 12.2. The van der Waals surface area contributed by atoms with Crippen molar-refractivity contribution >= 4 is 29.0 Å². The summed E-state index contributed by atoms with van der Waals surface area (Å²) in [7, 11) is 0. The molecule has 0 radical (unpaired) electrons. The van der Waals surface area contributed by atoms with Crippen molar-refractivity contribution in [1.82, 2.24) is 5.32 Å². The van der Waals surface area contributed by atoms with Gasteiger partial charge in [-0.05, 0) is 67.6 Å². The lowest BCUT2D eigenvalue weighted by Crippen LogP contribution is -2.34. The number of anilines is 2. The summed E-state index contributed by atoms with van der Waals surface area (Å²) in [5.74, 6) is 0.751. The lowest BCUT2D eigenvalue weighted by atomic mass is 9.99. The Balaban J connectivity index is 1.56.